The zero-order chi connectivity index (χ0) is 14.0. The van der Waals surface area contributed by atoms with E-state index >= 15 is 0 Å². The predicted octanol–water partition coefficient (Wildman–Crippen LogP) is 2.00. The van der Waals surface area contributed by atoms with Crippen molar-refractivity contribution in [3.05, 3.63) is 45.2 Å². The van der Waals surface area contributed by atoms with Crippen LogP contribution in [0, 0.1) is 13.8 Å². The van der Waals surface area contributed by atoms with Crippen LogP contribution in [0.2, 0.25) is 0 Å². The van der Waals surface area contributed by atoms with Crippen LogP contribution in [-0.4, -0.2) is 21.3 Å². The van der Waals surface area contributed by atoms with Crippen molar-refractivity contribution in [1.29, 1.82) is 0 Å². The number of carboxylic acids is 1. The van der Waals surface area contributed by atoms with Gasteiger partial charge in [0.15, 0.2) is 0 Å². The first kappa shape index (κ1) is 13.1. The van der Waals surface area contributed by atoms with E-state index in [1.165, 1.54) is 5.56 Å². The maximum Gasteiger partial charge on any atom is 0.303 e. The summed E-state index contributed by atoms with van der Waals surface area (Å²) in [7, 11) is 0. The smallest absolute Gasteiger partial charge is 0.303 e. The van der Waals surface area contributed by atoms with Gasteiger partial charge in [0.25, 0.3) is 5.56 Å². The number of hydrogen-bond donors (Lipinski definition) is 3. The lowest BCUT2D eigenvalue weighted by Crippen LogP contribution is -2.08. The number of hydrogen-bond acceptors (Lipinski definition) is 2. The normalized spacial score (nSPS) is 10.6. The molecular formula is C14H16N2O3. The number of carbonyl (C=O) groups is 1. The number of aromatic nitrogens is 2. The van der Waals surface area contributed by atoms with Crippen molar-refractivity contribution in [2.24, 2.45) is 0 Å². The molecule has 0 aliphatic heterocycles. The van der Waals surface area contributed by atoms with Crippen molar-refractivity contribution >= 4 is 5.97 Å². The molecule has 0 saturated heterocycles. The lowest BCUT2D eigenvalue weighted by Gasteiger charge is -2.05. The van der Waals surface area contributed by atoms with E-state index in [0.717, 1.165) is 11.1 Å². The van der Waals surface area contributed by atoms with Gasteiger partial charge in [0, 0.05) is 17.5 Å². The number of nitrogens with one attached hydrogen (secondary N) is 2. The summed E-state index contributed by atoms with van der Waals surface area (Å²) in [6.07, 6.45) is 0.162. The Kier molecular flexibility index (Phi) is 3.55. The molecule has 0 bridgehead atoms. The number of rotatable bonds is 4. The summed E-state index contributed by atoms with van der Waals surface area (Å²) in [4.78, 5) is 22.3. The number of aliphatic carboxylic acids is 1. The van der Waals surface area contributed by atoms with E-state index in [9.17, 15) is 9.59 Å². The quantitative estimate of drug-likeness (QED) is 0.786. The summed E-state index contributed by atoms with van der Waals surface area (Å²) in [5.74, 6) is -0.911. The van der Waals surface area contributed by atoms with Gasteiger partial charge < -0.3 is 5.11 Å². The van der Waals surface area contributed by atoms with E-state index in [4.69, 9.17) is 5.11 Å². The van der Waals surface area contributed by atoms with E-state index < -0.39 is 5.97 Å². The van der Waals surface area contributed by atoms with Gasteiger partial charge in [-0.05, 0) is 37.5 Å². The molecule has 5 heteroatoms. The molecule has 0 amide bonds. The summed E-state index contributed by atoms with van der Waals surface area (Å²) in [5, 5.41) is 14.1. The van der Waals surface area contributed by atoms with Crippen molar-refractivity contribution in [2.45, 2.75) is 26.7 Å². The largest absolute Gasteiger partial charge is 0.481 e. The highest BCUT2D eigenvalue weighted by molar-refractivity contribution is 5.69. The highest BCUT2D eigenvalue weighted by Gasteiger charge is 2.13. The zero-order valence-electron chi connectivity index (χ0n) is 10.9. The minimum absolute atomic E-state index is 0.0568. The van der Waals surface area contributed by atoms with Crippen LogP contribution in [-0.2, 0) is 11.2 Å². The minimum atomic E-state index is -0.911. The number of carboxylic acid groups (broad SMARTS) is 1. The highest BCUT2D eigenvalue weighted by Crippen LogP contribution is 2.22. The molecule has 100 valence electrons. The van der Waals surface area contributed by atoms with Crippen molar-refractivity contribution in [2.75, 3.05) is 0 Å². The van der Waals surface area contributed by atoms with Gasteiger partial charge in [0.05, 0.1) is 5.69 Å². The van der Waals surface area contributed by atoms with Gasteiger partial charge in [-0.15, -0.1) is 0 Å². The Bertz CT molecular complexity index is 668. The Morgan fingerprint density at radius 1 is 1.21 bits per heavy atom. The molecule has 0 atom stereocenters. The minimum Gasteiger partial charge on any atom is -0.481 e. The zero-order valence-corrected chi connectivity index (χ0v) is 10.9. The van der Waals surface area contributed by atoms with Crippen LogP contribution >= 0.6 is 0 Å². The number of aryl methyl sites for hydroxylation is 2. The SMILES string of the molecule is Cc1ccc(-c2[nH][nH]c(=O)c2CCC(=O)O)cc1C. The van der Waals surface area contributed by atoms with Crippen molar-refractivity contribution < 1.29 is 9.90 Å². The van der Waals surface area contributed by atoms with Gasteiger partial charge in [-0.3, -0.25) is 19.8 Å². The molecule has 1 aromatic heterocycles. The molecule has 5 nitrogen and oxygen atoms in total. The van der Waals surface area contributed by atoms with Crippen molar-refractivity contribution in [3.63, 3.8) is 0 Å². The Balaban J connectivity index is 2.41. The van der Waals surface area contributed by atoms with Crippen LogP contribution < -0.4 is 5.56 Å². The van der Waals surface area contributed by atoms with Crippen LogP contribution in [0.1, 0.15) is 23.1 Å². The summed E-state index contributed by atoms with van der Waals surface area (Å²) < 4.78 is 0. The summed E-state index contributed by atoms with van der Waals surface area (Å²) in [5.41, 5.74) is 4.11. The van der Waals surface area contributed by atoms with Gasteiger partial charge in [0.2, 0.25) is 0 Å². The molecule has 0 aliphatic carbocycles. The lowest BCUT2D eigenvalue weighted by molar-refractivity contribution is -0.136. The second kappa shape index (κ2) is 5.14. The molecular weight excluding hydrogens is 244 g/mol. The average molecular weight is 260 g/mol. The first-order valence-corrected chi connectivity index (χ1v) is 6.08. The van der Waals surface area contributed by atoms with Gasteiger partial charge in [-0.1, -0.05) is 12.1 Å². The Hall–Kier alpha value is -2.30. The van der Waals surface area contributed by atoms with Gasteiger partial charge in [-0.25, -0.2) is 0 Å². The predicted molar refractivity (Wildman–Crippen MR) is 72.3 cm³/mol. The molecule has 0 spiro atoms. The van der Waals surface area contributed by atoms with E-state index in [1.54, 1.807) is 0 Å². The van der Waals surface area contributed by atoms with E-state index in [-0.39, 0.29) is 18.4 Å². The molecule has 3 N–H and O–H groups in total. The maximum atomic E-state index is 11.7. The molecule has 0 aliphatic rings. The maximum absolute atomic E-state index is 11.7. The van der Waals surface area contributed by atoms with Crippen LogP contribution in [0.15, 0.2) is 23.0 Å². The Labute approximate surface area is 110 Å². The summed E-state index contributed by atoms with van der Waals surface area (Å²) in [6.45, 7) is 4.02. The molecule has 2 aromatic rings. The molecule has 1 aromatic carbocycles. The van der Waals surface area contributed by atoms with Crippen LogP contribution in [0.25, 0.3) is 11.3 Å². The topological polar surface area (TPSA) is 86.0 Å². The first-order valence-electron chi connectivity index (χ1n) is 6.08. The Morgan fingerprint density at radius 3 is 2.58 bits per heavy atom. The number of aromatic amines is 2. The summed E-state index contributed by atoms with van der Waals surface area (Å²) in [6, 6.07) is 5.89. The second-order valence-electron chi connectivity index (χ2n) is 4.63. The summed E-state index contributed by atoms with van der Waals surface area (Å²) >= 11 is 0. The lowest BCUT2D eigenvalue weighted by atomic mass is 10.0. The Morgan fingerprint density at radius 2 is 1.95 bits per heavy atom. The molecule has 0 saturated carbocycles. The highest BCUT2D eigenvalue weighted by atomic mass is 16.4. The number of benzene rings is 1. The third-order valence-electron chi connectivity index (χ3n) is 3.26. The van der Waals surface area contributed by atoms with E-state index in [2.05, 4.69) is 10.2 Å². The van der Waals surface area contributed by atoms with Crippen LogP contribution in [0.3, 0.4) is 0 Å². The monoisotopic (exact) mass is 260 g/mol. The fraction of sp³-hybridized carbons (Fsp3) is 0.286. The molecule has 0 unspecified atom stereocenters. The number of H-pyrrole nitrogens is 2. The van der Waals surface area contributed by atoms with E-state index in [0.29, 0.717) is 11.3 Å². The molecule has 0 radical (unpaired) electrons. The average Bonchev–Trinajstić information content (AvgIpc) is 2.71. The van der Waals surface area contributed by atoms with Gasteiger partial charge >= 0.3 is 5.97 Å². The molecule has 1 heterocycles. The van der Waals surface area contributed by atoms with Gasteiger partial charge in [0.1, 0.15) is 0 Å². The second-order valence-corrected chi connectivity index (χ2v) is 4.63. The third kappa shape index (κ3) is 2.76. The molecule has 2 rings (SSSR count). The first-order chi connectivity index (χ1) is 8.99. The molecule has 0 fully saturated rings. The van der Waals surface area contributed by atoms with Crippen molar-refractivity contribution in [3.8, 4) is 11.3 Å². The van der Waals surface area contributed by atoms with Crippen molar-refractivity contribution in [1.82, 2.24) is 10.2 Å². The fourth-order valence-corrected chi connectivity index (χ4v) is 2.00. The standard InChI is InChI=1S/C14H16N2O3/c1-8-3-4-10(7-9(8)2)13-11(5-6-12(17)18)14(19)16-15-13/h3-4,7H,5-6H2,1-2H3,(H,17,18)(H2,15,16,19). The molecule has 19 heavy (non-hydrogen) atoms. The fourth-order valence-electron chi connectivity index (χ4n) is 2.00. The van der Waals surface area contributed by atoms with Gasteiger partial charge in [-0.2, -0.15) is 0 Å². The van der Waals surface area contributed by atoms with E-state index in [1.807, 2.05) is 32.0 Å². The van der Waals surface area contributed by atoms with Crippen LogP contribution in [0.4, 0.5) is 0 Å². The van der Waals surface area contributed by atoms with Crippen LogP contribution in [0.5, 0.6) is 0 Å². The third-order valence-corrected chi connectivity index (χ3v) is 3.26.